The van der Waals surface area contributed by atoms with Crippen LogP contribution in [0.1, 0.15) is 21.5 Å². The van der Waals surface area contributed by atoms with Gasteiger partial charge in [0, 0.05) is 4.47 Å². The normalized spacial score (nSPS) is 10.1. The standard InChI is InChI=1S/C15H13BrO2/c1-18-15(17)14-5-3-2-4-12(14)10-11-6-8-13(16)9-7-11/h2-9H,10H2,1H3. The summed E-state index contributed by atoms with van der Waals surface area (Å²) in [4.78, 5) is 11.6. The molecule has 0 amide bonds. The number of ether oxygens (including phenoxy) is 1. The van der Waals surface area contributed by atoms with E-state index in [-0.39, 0.29) is 5.97 Å². The molecule has 2 nitrogen and oxygen atoms in total. The summed E-state index contributed by atoms with van der Waals surface area (Å²) in [6.07, 6.45) is 0.721. The lowest BCUT2D eigenvalue weighted by Crippen LogP contribution is -2.05. The second kappa shape index (κ2) is 5.83. The van der Waals surface area contributed by atoms with Crippen molar-refractivity contribution in [3.63, 3.8) is 0 Å². The molecule has 0 aliphatic heterocycles. The van der Waals surface area contributed by atoms with Crippen molar-refractivity contribution in [3.8, 4) is 0 Å². The number of rotatable bonds is 3. The minimum Gasteiger partial charge on any atom is -0.465 e. The van der Waals surface area contributed by atoms with Gasteiger partial charge in [0.25, 0.3) is 0 Å². The first-order chi connectivity index (χ1) is 8.70. The lowest BCUT2D eigenvalue weighted by atomic mass is 10.00. The van der Waals surface area contributed by atoms with Crippen molar-refractivity contribution in [2.75, 3.05) is 7.11 Å². The Hall–Kier alpha value is -1.61. The molecular weight excluding hydrogens is 292 g/mol. The summed E-state index contributed by atoms with van der Waals surface area (Å²) in [5.74, 6) is -0.289. The summed E-state index contributed by atoms with van der Waals surface area (Å²) in [6, 6.07) is 15.6. The van der Waals surface area contributed by atoms with Crippen molar-refractivity contribution in [1.82, 2.24) is 0 Å². The molecule has 0 saturated carbocycles. The van der Waals surface area contributed by atoms with Crippen LogP contribution < -0.4 is 0 Å². The third kappa shape index (κ3) is 2.99. The van der Waals surface area contributed by atoms with E-state index in [4.69, 9.17) is 4.74 Å². The Kier molecular flexibility index (Phi) is 4.15. The van der Waals surface area contributed by atoms with Crippen LogP contribution in [0.5, 0.6) is 0 Å². The number of hydrogen-bond acceptors (Lipinski definition) is 2. The molecule has 0 aliphatic rings. The zero-order chi connectivity index (χ0) is 13.0. The van der Waals surface area contributed by atoms with Crippen LogP contribution in [0.25, 0.3) is 0 Å². The topological polar surface area (TPSA) is 26.3 Å². The molecule has 2 rings (SSSR count). The molecule has 0 atom stereocenters. The molecule has 0 radical (unpaired) electrons. The fourth-order valence-electron chi connectivity index (χ4n) is 1.81. The summed E-state index contributed by atoms with van der Waals surface area (Å²) in [5.41, 5.74) is 2.77. The predicted molar refractivity (Wildman–Crippen MR) is 74.7 cm³/mol. The predicted octanol–water partition coefficient (Wildman–Crippen LogP) is 3.83. The van der Waals surface area contributed by atoms with Crippen molar-refractivity contribution in [2.45, 2.75) is 6.42 Å². The number of carbonyl (C=O) groups is 1. The third-order valence-corrected chi connectivity index (χ3v) is 3.26. The molecular formula is C15H13BrO2. The number of esters is 1. The van der Waals surface area contributed by atoms with E-state index < -0.39 is 0 Å². The molecule has 0 saturated heterocycles. The summed E-state index contributed by atoms with van der Waals surface area (Å²) in [6.45, 7) is 0. The van der Waals surface area contributed by atoms with Gasteiger partial charge in [0.05, 0.1) is 12.7 Å². The van der Waals surface area contributed by atoms with Gasteiger partial charge in [-0.05, 0) is 35.7 Å². The van der Waals surface area contributed by atoms with E-state index in [1.165, 1.54) is 7.11 Å². The maximum absolute atomic E-state index is 11.6. The van der Waals surface area contributed by atoms with Gasteiger partial charge in [0.2, 0.25) is 0 Å². The van der Waals surface area contributed by atoms with Crippen LogP contribution in [-0.4, -0.2) is 13.1 Å². The van der Waals surface area contributed by atoms with Crippen molar-refractivity contribution in [3.05, 3.63) is 69.7 Å². The Morgan fingerprint density at radius 1 is 1.11 bits per heavy atom. The largest absolute Gasteiger partial charge is 0.465 e. The van der Waals surface area contributed by atoms with E-state index in [1.54, 1.807) is 6.07 Å². The summed E-state index contributed by atoms with van der Waals surface area (Å²) in [7, 11) is 1.40. The highest BCUT2D eigenvalue weighted by Crippen LogP contribution is 2.17. The van der Waals surface area contributed by atoms with Crippen molar-refractivity contribution >= 4 is 21.9 Å². The van der Waals surface area contributed by atoms with Gasteiger partial charge in [-0.1, -0.05) is 46.3 Å². The lowest BCUT2D eigenvalue weighted by molar-refractivity contribution is 0.0599. The Balaban J connectivity index is 2.28. The number of methoxy groups -OCH3 is 1. The molecule has 2 aromatic carbocycles. The molecule has 18 heavy (non-hydrogen) atoms. The SMILES string of the molecule is COC(=O)c1ccccc1Cc1ccc(Br)cc1. The molecule has 0 unspecified atom stereocenters. The van der Waals surface area contributed by atoms with Crippen LogP contribution in [0.2, 0.25) is 0 Å². The van der Waals surface area contributed by atoms with Gasteiger partial charge in [0.15, 0.2) is 0 Å². The average molecular weight is 305 g/mol. The molecule has 2 aromatic rings. The summed E-state index contributed by atoms with van der Waals surface area (Å²) < 4.78 is 5.84. The highest BCUT2D eigenvalue weighted by atomic mass is 79.9. The van der Waals surface area contributed by atoms with Gasteiger partial charge < -0.3 is 4.74 Å². The quantitative estimate of drug-likeness (QED) is 0.806. The first-order valence-electron chi connectivity index (χ1n) is 5.61. The summed E-state index contributed by atoms with van der Waals surface area (Å²) >= 11 is 3.41. The van der Waals surface area contributed by atoms with Crippen LogP contribution in [0.4, 0.5) is 0 Å². The van der Waals surface area contributed by atoms with Gasteiger partial charge in [-0.15, -0.1) is 0 Å². The van der Waals surface area contributed by atoms with Crippen LogP contribution in [0.3, 0.4) is 0 Å². The number of hydrogen-bond donors (Lipinski definition) is 0. The van der Waals surface area contributed by atoms with Gasteiger partial charge in [-0.25, -0.2) is 4.79 Å². The Morgan fingerprint density at radius 3 is 2.44 bits per heavy atom. The van der Waals surface area contributed by atoms with E-state index in [1.807, 2.05) is 42.5 Å². The maximum Gasteiger partial charge on any atom is 0.338 e. The minimum atomic E-state index is -0.289. The monoisotopic (exact) mass is 304 g/mol. The first-order valence-corrected chi connectivity index (χ1v) is 6.40. The highest BCUT2D eigenvalue weighted by molar-refractivity contribution is 9.10. The van der Waals surface area contributed by atoms with Crippen molar-refractivity contribution in [1.29, 1.82) is 0 Å². The molecule has 3 heteroatoms. The zero-order valence-electron chi connectivity index (χ0n) is 10.0. The zero-order valence-corrected chi connectivity index (χ0v) is 11.6. The number of carbonyl (C=O) groups excluding carboxylic acids is 1. The molecule has 0 N–H and O–H groups in total. The molecule has 0 heterocycles. The van der Waals surface area contributed by atoms with Gasteiger partial charge in [0.1, 0.15) is 0 Å². The van der Waals surface area contributed by atoms with Gasteiger partial charge >= 0.3 is 5.97 Å². The second-order valence-corrected chi connectivity index (χ2v) is 4.87. The lowest BCUT2D eigenvalue weighted by Gasteiger charge is -2.07. The van der Waals surface area contributed by atoms with E-state index in [0.717, 1.165) is 22.0 Å². The Bertz CT molecular complexity index is 547. The fraction of sp³-hybridized carbons (Fsp3) is 0.133. The van der Waals surface area contributed by atoms with Crippen LogP contribution in [-0.2, 0) is 11.2 Å². The third-order valence-electron chi connectivity index (χ3n) is 2.73. The van der Waals surface area contributed by atoms with E-state index in [0.29, 0.717) is 5.56 Å². The van der Waals surface area contributed by atoms with Crippen molar-refractivity contribution < 1.29 is 9.53 Å². The van der Waals surface area contributed by atoms with E-state index >= 15 is 0 Å². The molecule has 0 aliphatic carbocycles. The number of benzene rings is 2. The minimum absolute atomic E-state index is 0.289. The molecule has 92 valence electrons. The fourth-order valence-corrected chi connectivity index (χ4v) is 2.07. The average Bonchev–Trinajstić information content (AvgIpc) is 2.41. The molecule has 0 spiro atoms. The Morgan fingerprint density at radius 2 is 1.78 bits per heavy atom. The van der Waals surface area contributed by atoms with Crippen LogP contribution >= 0.6 is 15.9 Å². The highest BCUT2D eigenvalue weighted by Gasteiger charge is 2.10. The van der Waals surface area contributed by atoms with Crippen molar-refractivity contribution in [2.24, 2.45) is 0 Å². The molecule has 0 aromatic heterocycles. The molecule has 0 bridgehead atoms. The van der Waals surface area contributed by atoms with Gasteiger partial charge in [-0.2, -0.15) is 0 Å². The van der Waals surface area contributed by atoms with Crippen LogP contribution in [0.15, 0.2) is 53.0 Å². The first kappa shape index (κ1) is 12.8. The van der Waals surface area contributed by atoms with Gasteiger partial charge in [-0.3, -0.25) is 0 Å². The maximum atomic E-state index is 11.6. The smallest absolute Gasteiger partial charge is 0.338 e. The second-order valence-electron chi connectivity index (χ2n) is 3.95. The van der Waals surface area contributed by atoms with E-state index in [9.17, 15) is 4.79 Å². The number of halogens is 1. The molecule has 0 fully saturated rings. The van der Waals surface area contributed by atoms with Crippen LogP contribution in [0, 0.1) is 0 Å². The summed E-state index contributed by atoms with van der Waals surface area (Å²) in [5, 5.41) is 0. The van der Waals surface area contributed by atoms with E-state index in [2.05, 4.69) is 15.9 Å². The Labute approximate surface area is 115 Å².